The standard InChI is InChI=1S/C22H20N2O2S/c1-17(27-21-10-6-3-7-11-21)22(25)24-23-16-18-12-14-20(15-13-18)26-19-8-4-2-5-9-19/h2-17H,1H3,(H,24,25)/b23-16-/t17-/m1/s1. The van der Waals surface area contributed by atoms with E-state index >= 15 is 0 Å². The van der Waals surface area contributed by atoms with Gasteiger partial charge >= 0.3 is 0 Å². The molecule has 3 rings (SSSR count). The zero-order chi connectivity index (χ0) is 18.9. The van der Waals surface area contributed by atoms with Gasteiger partial charge in [-0.3, -0.25) is 4.79 Å². The van der Waals surface area contributed by atoms with E-state index in [1.165, 1.54) is 11.8 Å². The van der Waals surface area contributed by atoms with Crippen molar-refractivity contribution >= 4 is 23.9 Å². The topological polar surface area (TPSA) is 50.7 Å². The number of ether oxygens (including phenoxy) is 1. The Morgan fingerprint density at radius 1 is 0.926 bits per heavy atom. The van der Waals surface area contributed by atoms with Crippen molar-refractivity contribution in [2.75, 3.05) is 0 Å². The van der Waals surface area contributed by atoms with Crippen LogP contribution in [-0.2, 0) is 4.79 Å². The molecule has 5 heteroatoms. The number of hydrazone groups is 1. The minimum absolute atomic E-state index is 0.135. The monoisotopic (exact) mass is 376 g/mol. The van der Waals surface area contributed by atoms with Crippen LogP contribution in [0.4, 0.5) is 0 Å². The van der Waals surface area contributed by atoms with Crippen molar-refractivity contribution in [2.45, 2.75) is 17.1 Å². The number of amides is 1. The molecule has 136 valence electrons. The zero-order valence-electron chi connectivity index (χ0n) is 14.9. The van der Waals surface area contributed by atoms with Gasteiger partial charge in [0.25, 0.3) is 5.91 Å². The highest BCUT2D eigenvalue weighted by molar-refractivity contribution is 8.00. The van der Waals surface area contributed by atoms with Crippen molar-refractivity contribution in [1.29, 1.82) is 0 Å². The average Bonchev–Trinajstić information content (AvgIpc) is 2.71. The molecule has 0 aliphatic carbocycles. The third-order valence-corrected chi connectivity index (χ3v) is 4.78. The molecule has 0 saturated heterocycles. The Morgan fingerprint density at radius 3 is 2.19 bits per heavy atom. The molecule has 0 saturated carbocycles. The van der Waals surface area contributed by atoms with Crippen LogP contribution in [0.3, 0.4) is 0 Å². The third-order valence-electron chi connectivity index (χ3n) is 3.67. The Balaban J connectivity index is 1.49. The van der Waals surface area contributed by atoms with Crippen LogP contribution in [0, 0.1) is 0 Å². The van der Waals surface area contributed by atoms with E-state index in [2.05, 4.69) is 10.5 Å². The first-order valence-corrected chi connectivity index (χ1v) is 9.46. The maximum Gasteiger partial charge on any atom is 0.253 e. The first-order valence-electron chi connectivity index (χ1n) is 8.58. The number of rotatable bonds is 7. The van der Waals surface area contributed by atoms with Crippen LogP contribution in [0.1, 0.15) is 12.5 Å². The molecule has 27 heavy (non-hydrogen) atoms. The van der Waals surface area contributed by atoms with Gasteiger partial charge in [0.05, 0.1) is 11.5 Å². The lowest BCUT2D eigenvalue weighted by Gasteiger charge is -2.09. The lowest BCUT2D eigenvalue weighted by molar-refractivity contribution is -0.120. The van der Waals surface area contributed by atoms with E-state index in [4.69, 9.17) is 4.74 Å². The molecule has 1 amide bonds. The van der Waals surface area contributed by atoms with Gasteiger partial charge in [-0.15, -0.1) is 11.8 Å². The van der Waals surface area contributed by atoms with Gasteiger partial charge in [-0.25, -0.2) is 5.43 Å². The Kier molecular flexibility index (Phi) is 6.66. The number of thioether (sulfide) groups is 1. The average molecular weight is 376 g/mol. The second-order valence-corrected chi connectivity index (χ2v) is 7.21. The van der Waals surface area contributed by atoms with Crippen molar-refractivity contribution < 1.29 is 9.53 Å². The summed E-state index contributed by atoms with van der Waals surface area (Å²) in [6.07, 6.45) is 1.62. The van der Waals surface area contributed by atoms with E-state index in [1.54, 1.807) is 6.21 Å². The Labute approximate surface area is 163 Å². The summed E-state index contributed by atoms with van der Waals surface area (Å²) in [7, 11) is 0. The smallest absolute Gasteiger partial charge is 0.253 e. The number of benzene rings is 3. The third kappa shape index (κ3) is 6.01. The lowest BCUT2D eigenvalue weighted by Crippen LogP contribution is -2.26. The first-order chi connectivity index (χ1) is 13.2. The van der Waals surface area contributed by atoms with Gasteiger partial charge in [0.1, 0.15) is 11.5 Å². The predicted octanol–water partition coefficient (Wildman–Crippen LogP) is 5.11. The number of para-hydroxylation sites is 1. The molecule has 1 atom stereocenters. The van der Waals surface area contributed by atoms with Gasteiger partial charge in [-0.2, -0.15) is 5.10 Å². The molecule has 0 aromatic heterocycles. The summed E-state index contributed by atoms with van der Waals surface area (Å²) in [6, 6.07) is 26.9. The van der Waals surface area contributed by atoms with Crippen molar-refractivity contribution in [3.8, 4) is 11.5 Å². The lowest BCUT2D eigenvalue weighted by atomic mass is 10.2. The largest absolute Gasteiger partial charge is 0.457 e. The SMILES string of the molecule is C[C@@H](Sc1ccccc1)C(=O)N/N=C\c1ccc(Oc2ccccc2)cc1. The Bertz CT molecular complexity index is 881. The van der Waals surface area contributed by atoms with Crippen LogP contribution in [-0.4, -0.2) is 17.4 Å². The molecule has 0 aliphatic rings. The van der Waals surface area contributed by atoms with Crippen LogP contribution in [0.5, 0.6) is 11.5 Å². The van der Waals surface area contributed by atoms with Crippen molar-refractivity contribution in [1.82, 2.24) is 5.43 Å². The Morgan fingerprint density at radius 2 is 1.52 bits per heavy atom. The molecular weight excluding hydrogens is 356 g/mol. The van der Waals surface area contributed by atoms with Gasteiger partial charge < -0.3 is 4.74 Å². The summed E-state index contributed by atoms with van der Waals surface area (Å²) >= 11 is 1.50. The molecule has 3 aromatic carbocycles. The second kappa shape index (κ2) is 9.59. The maximum atomic E-state index is 12.1. The van der Waals surface area contributed by atoms with Crippen LogP contribution >= 0.6 is 11.8 Å². The van der Waals surface area contributed by atoms with E-state index < -0.39 is 0 Å². The summed E-state index contributed by atoms with van der Waals surface area (Å²) in [6.45, 7) is 1.86. The normalized spacial score (nSPS) is 11.9. The number of carbonyl (C=O) groups is 1. The summed E-state index contributed by atoms with van der Waals surface area (Å²) in [4.78, 5) is 13.2. The molecule has 0 radical (unpaired) electrons. The predicted molar refractivity (Wildman–Crippen MR) is 110 cm³/mol. The fourth-order valence-electron chi connectivity index (χ4n) is 2.26. The van der Waals surface area contributed by atoms with Gasteiger partial charge in [0.15, 0.2) is 0 Å². The van der Waals surface area contributed by atoms with Crippen molar-refractivity contribution in [3.05, 3.63) is 90.5 Å². The number of nitrogens with zero attached hydrogens (tertiary/aromatic N) is 1. The van der Waals surface area contributed by atoms with E-state index in [0.29, 0.717) is 0 Å². The minimum Gasteiger partial charge on any atom is -0.457 e. The van der Waals surface area contributed by atoms with Crippen LogP contribution < -0.4 is 10.2 Å². The molecule has 4 nitrogen and oxygen atoms in total. The summed E-state index contributed by atoms with van der Waals surface area (Å²) in [5, 5.41) is 3.81. The van der Waals surface area contributed by atoms with E-state index in [0.717, 1.165) is 22.0 Å². The molecule has 0 spiro atoms. The van der Waals surface area contributed by atoms with Gasteiger partial charge in [-0.05, 0) is 61.0 Å². The van der Waals surface area contributed by atoms with Crippen LogP contribution in [0.25, 0.3) is 0 Å². The van der Waals surface area contributed by atoms with Crippen molar-refractivity contribution in [2.24, 2.45) is 5.10 Å². The van der Waals surface area contributed by atoms with Crippen LogP contribution in [0.15, 0.2) is 94.9 Å². The zero-order valence-corrected chi connectivity index (χ0v) is 15.7. The number of hydrogen-bond donors (Lipinski definition) is 1. The molecule has 3 aromatic rings. The number of carbonyl (C=O) groups excluding carboxylic acids is 1. The number of hydrogen-bond acceptors (Lipinski definition) is 4. The van der Waals surface area contributed by atoms with Crippen LogP contribution in [0.2, 0.25) is 0 Å². The van der Waals surface area contributed by atoms with Gasteiger partial charge in [0.2, 0.25) is 0 Å². The van der Waals surface area contributed by atoms with E-state index in [-0.39, 0.29) is 11.2 Å². The van der Waals surface area contributed by atoms with Gasteiger partial charge in [-0.1, -0.05) is 36.4 Å². The van der Waals surface area contributed by atoms with E-state index in [9.17, 15) is 4.79 Å². The molecule has 0 unspecified atom stereocenters. The molecule has 0 bridgehead atoms. The summed E-state index contributed by atoms with van der Waals surface area (Å²) in [5.41, 5.74) is 3.46. The fraction of sp³-hybridized carbons (Fsp3) is 0.0909. The molecule has 0 heterocycles. The summed E-state index contributed by atoms with van der Waals surface area (Å²) < 4.78 is 5.75. The molecule has 0 aliphatic heterocycles. The molecule has 1 N–H and O–H groups in total. The highest BCUT2D eigenvalue weighted by atomic mass is 32.2. The number of nitrogens with one attached hydrogen (secondary N) is 1. The molecule has 0 fully saturated rings. The Hall–Kier alpha value is -3.05. The quantitative estimate of drug-likeness (QED) is 0.354. The van der Waals surface area contributed by atoms with E-state index in [1.807, 2.05) is 91.9 Å². The minimum atomic E-state index is -0.230. The summed E-state index contributed by atoms with van der Waals surface area (Å²) in [5.74, 6) is 1.40. The second-order valence-electron chi connectivity index (χ2n) is 5.79. The maximum absolute atomic E-state index is 12.1. The highest BCUT2D eigenvalue weighted by Gasteiger charge is 2.13. The van der Waals surface area contributed by atoms with Crippen molar-refractivity contribution in [3.63, 3.8) is 0 Å². The first kappa shape index (κ1) is 18.7. The highest BCUT2D eigenvalue weighted by Crippen LogP contribution is 2.23. The van der Waals surface area contributed by atoms with Gasteiger partial charge in [0, 0.05) is 4.90 Å². The molecular formula is C22H20N2O2S. The fourth-order valence-corrected chi connectivity index (χ4v) is 3.15.